The molecule has 0 fully saturated rings. The highest BCUT2D eigenvalue weighted by Gasteiger charge is 2.30. The fraction of sp³-hybridized carbons (Fsp3) is 0.100. The van der Waals surface area contributed by atoms with Crippen LogP contribution in [-0.2, 0) is 6.18 Å². The Kier molecular flexibility index (Phi) is 2.69. The van der Waals surface area contributed by atoms with E-state index in [1.54, 1.807) is 6.07 Å². The number of benzene rings is 1. The Hall–Kier alpha value is -1.05. The molecule has 0 saturated carbocycles. The molecule has 84 valence electrons. The second-order valence-corrected chi connectivity index (χ2v) is 4.41. The second kappa shape index (κ2) is 3.76. The van der Waals surface area contributed by atoms with Crippen molar-refractivity contribution in [3.8, 4) is 0 Å². The molecule has 1 aromatic heterocycles. The van der Waals surface area contributed by atoms with Crippen LogP contribution in [0, 0.1) is 3.70 Å². The van der Waals surface area contributed by atoms with E-state index in [0.717, 1.165) is 12.1 Å². The molecule has 6 heteroatoms. The molecule has 1 heterocycles. The first-order chi connectivity index (χ1) is 7.38. The smallest absolute Gasteiger partial charge is 0.317 e. The van der Waals surface area contributed by atoms with Crippen molar-refractivity contribution in [1.29, 1.82) is 0 Å². The molecule has 16 heavy (non-hydrogen) atoms. The van der Waals surface area contributed by atoms with Gasteiger partial charge in [0.1, 0.15) is 0 Å². The Morgan fingerprint density at radius 2 is 1.88 bits per heavy atom. The average Bonchev–Trinajstić information content (AvgIpc) is 2.15. The topological polar surface area (TPSA) is 32.9 Å². The third-order valence-corrected chi connectivity index (χ3v) is 2.72. The summed E-state index contributed by atoms with van der Waals surface area (Å²) in [6, 6.07) is 4.76. The summed E-state index contributed by atoms with van der Waals surface area (Å²) < 4.78 is 37.8. The molecule has 2 rings (SSSR count). The minimum atomic E-state index is -4.43. The van der Waals surface area contributed by atoms with Gasteiger partial charge >= 0.3 is 6.18 Å². The van der Waals surface area contributed by atoms with Gasteiger partial charge in [-0.2, -0.15) is 13.2 Å². The fourth-order valence-corrected chi connectivity index (χ4v) is 1.98. The van der Waals surface area contributed by atoms with E-state index in [1.807, 2.05) is 22.6 Å². The molecule has 1 N–H and O–H groups in total. The van der Waals surface area contributed by atoms with Crippen LogP contribution >= 0.6 is 22.6 Å². The summed E-state index contributed by atoms with van der Waals surface area (Å²) in [6.07, 6.45) is -4.43. The molecule has 0 saturated heterocycles. The second-order valence-electron chi connectivity index (χ2n) is 3.25. The van der Waals surface area contributed by atoms with Gasteiger partial charge in [-0.25, -0.2) is 0 Å². The Labute approximate surface area is 102 Å². The number of aromatic amines is 1. The molecule has 0 unspecified atom stereocenters. The van der Waals surface area contributed by atoms with Crippen molar-refractivity contribution in [2.75, 3.05) is 0 Å². The van der Waals surface area contributed by atoms with E-state index in [9.17, 15) is 18.0 Å². The Morgan fingerprint density at radius 3 is 2.50 bits per heavy atom. The molecule has 1 aromatic carbocycles. The molecule has 2 aromatic rings. The average molecular weight is 339 g/mol. The van der Waals surface area contributed by atoms with Gasteiger partial charge in [0, 0.05) is 5.39 Å². The van der Waals surface area contributed by atoms with Crippen molar-refractivity contribution in [3.05, 3.63) is 43.9 Å². The first-order valence-electron chi connectivity index (χ1n) is 4.28. The van der Waals surface area contributed by atoms with E-state index in [0.29, 0.717) is 9.09 Å². The molecule has 0 aliphatic carbocycles. The maximum Gasteiger partial charge on any atom is 0.416 e. The molecular formula is C10H5F3INO. The predicted octanol–water partition coefficient (Wildman–Crippen LogP) is 3.15. The Bertz CT molecular complexity index is 603. The van der Waals surface area contributed by atoms with Crippen molar-refractivity contribution in [2.24, 2.45) is 0 Å². The van der Waals surface area contributed by atoms with E-state index in [4.69, 9.17) is 0 Å². The molecule has 2 nitrogen and oxygen atoms in total. The van der Waals surface area contributed by atoms with Gasteiger partial charge in [-0.3, -0.25) is 4.79 Å². The van der Waals surface area contributed by atoms with Crippen molar-refractivity contribution < 1.29 is 13.2 Å². The molecule has 0 aliphatic heterocycles. The van der Waals surface area contributed by atoms with Crippen molar-refractivity contribution in [1.82, 2.24) is 4.98 Å². The summed E-state index contributed by atoms with van der Waals surface area (Å²) >= 11 is 1.90. The number of fused-ring (bicyclic) bond motifs is 1. The molecule has 0 atom stereocenters. The Morgan fingerprint density at radius 1 is 1.19 bits per heavy atom. The summed E-state index contributed by atoms with van der Waals surface area (Å²) in [5.41, 5.74) is -1.32. The fourth-order valence-electron chi connectivity index (χ4n) is 1.40. The highest BCUT2D eigenvalue weighted by Crippen LogP contribution is 2.30. The first-order valence-corrected chi connectivity index (χ1v) is 5.35. The number of rotatable bonds is 0. The number of alkyl halides is 3. The minimum Gasteiger partial charge on any atom is -0.317 e. The third-order valence-electron chi connectivity index (χ3n) is 2.14. The number of H-pyrrole nitrogens is 1. The lowest BCUT2D eigenvalue weighted by molar-refractivity contribution is -0.137. The quantitative estimate of drug-likeness (QED) is 0.581. The van der Waals surface area contributed by atoms with Crippen molar-refractivity contribution >= 4 is 33.4 Å². The van der Waals surface area contributed by atoms with Gasteiger partial charge in [0.25, 0.3) is 5.56 Å². The van der Waals surface area contributed by atoms with Crippen molar-refractivity contribution in [3.63, 3.8) is 0 Å². The summed E-state index contributed by atoms with van der Waals surface area (Å²) in [5.74, 6) is 0. The van der Waals surface area contributed by atoms with Crippen LogP contribution in [0.15, 0.2) is 29.1 Å². The van der Waals surface area contributed by atoms with E-state index in [2.05, 4.69) is 4.98 Å². The molecule has 0 radical (unpaired) electrons. The number of hydrogen-bond acceptors (Lipinski definition) is 1. The number of hydrogen-bond donors (Lipinski definition) is 1. The van der Waals surface area contributed by atoms with E-state index in [1.165, 1.54) is 6.07 Å². The van der Waals surface area contributed by atoms with Crippen LogP contribution in [-0.4, -0.2) is 4.98 Å². The summed E-state index contributed by atoms with van der Waals surface area (Å²) in [6.45, 7) is 0. The summed E-state index contributed by atoms with van der Waals surface area (Å²) in [5, 5.41) is 0.552. The summed E-state index contributed by atoms with van der Waals surface area (Å²) in [7, 11) is 0. The van der Waals surface area contributed by atoms with Gasteiger partial charge in [-0.1, -0.05) is 6.07 Å². The molecule has 0 aliphatic rings. The number of halogens is 4. The van der Waals surface area contributed by atoms with Gasteiger partial charge < -0.3 is 4.98 Å². The summed E-state index contributed by atoms with van der Waals surface area (Å²) in [4.78, 5) is 13.9. The van der Waals surface area contributed by atoms with E-state index in [-0.39, 0.29) is 5.39 Å². The standard InChI is InChI=1S/C10H5F3INO/c11-10(12,13)6-2-1-5-3-8(14)15-9(16)7(5)4-6/h1-4H,(H,15,16). The van der Waals surface area contributed by atoms with Crippen LogP contribution in [0.5, 0.6) is 0 Å². The van der Waals surface area contributed by atoms with E-state index >= 15 is 0 Å². The first kappa shape index (κ1) is 11.4. The van der Waals surface area contributed by atoms with Crippen LogP contribution in [0.4, 0.5) is 13.2 Å². The van der Waals surface area contributed by atoms with Crippen LogP contribution in [0.25, 0.3) is 10.8 Å². The highest BCUT2D eigenvalue weighted by molar-refractivity contribution is 14.1. The van der Waals surface area contributed by atoms with E-state index < -0.39 is 17.3 Å². The van der Waals surface area contributed by atoms with Crippen LogP contribution in [0.1, 0.15) is 5.56 Å². The van der Waals surface area contributed by atoms with Crippen LogP contribution in [0.2, 0.25) is 0 Å². The maximum atomic E-state index is 12.4. The van der Waals surface area contributed by atoms with Gasteiger partial charge in [0.15, 0.2) is 0 Å². The zero-order valence-electron chi connectivity index (χ0n) is 7.73. The molecule has 0 spiro atoms. The minimum absolute atomic E-state index is 0.0511. The van der Waals surface area contributed by atoms with Crippen LogP contribution < -0.4 is 5.56 Å². The largest absolute Gasteiger partial charge is 0.416 e. The lowest BCUT2D eigenvalue weighted by Crippen LogP contribution is -2.10. The molecular weight excluding hydrogens is 334 g/mol. The molecule has 0 amide bonds. The number of aromatic nitrogens is 1. The predicted molar refractivity (Wildman–Crippen MR) is 62.3 cm³/mol. The highest BCUT2D eigenvalue weighted by atomic mass is 127. The zero-order chi connectivity index (χ0) is 11.9. The third kappa shape index (κ3) is 2.06. The van der Waals surface area contributed by atoms with Gasteiger partial charge in [0.05, 0.1) is 9.26 Å². The van der Waals surface area contributed by atoms with Gasteiger partial charge in [-0.15, -0.1) is 0 Å². The lowest BCUT2D eigenvalue weighted by atomic mass is 10.1. The number of pyridine rings is 1. The van der Waals surface area contributed by atoms with Crippen molar-refractivity contribution in [2.45, 2.75) is 6.18 Å². The number of nitrogens with one attached hydrogen (secondary N) is 1. The normalized spacial score (nSPS) is 12.0. The Balaban J connectivity index is 2.77. The van der Waals surface area contributed by atoms with Crippen LogP contribution in [0.3, 0.4) is 0 Å². The SMILES string of the molecule is O=c1[nH]c(I)cc2ccc(C(F)(F)F)cc12. The monoisotopic (exact) mass is 339 g/mol. The zero-order valence-corrected chi connectivity index (χ0v) is 9.89. The molecule has 0 bridgehead atoms. The maximum absolute atomic E-state index is 12.4. The lowest BCUT2D eigenvalue weighted by Gasteiger charge is -2.07. The van der Waals surface area contributed by atoms with Gasteiger partial charge in [-0.05, 0) is 46.2 Å². The van der Waals surface area contributed by atoms with Gasteiger partial charge in [0.2, 0.25) is 0 Å².